The lowest BCUT2D eigenvalue weighted by Gasteiger charge is -2.02. The highest BCUT2D eigenvalue weighted by molar-refractivity contribution is 8.03. The zero-order chi connectivity index (χ0) is 19.8. The molecule has 0 radical (unpaired) electrons. The van der Waals surface area contributed by atoms with E-state index in [1.807, 2.05) is 37.3 Å². The predicted octanol–water partition coefficient (Wildman–Crippen LogP) is 5.12. The number of halogens is 1. The van der Waals surface area contributed by atoms with Gasteiger partial charge in [0.15, 0.2) is 8.68 Å². The Hall–Kier alpha value is -1.87. The van der Waals surface area contributed by atoms with Gasteiger partial charge in [0.1, 0.15) is 0 Å². The van der Waals surface area contributed by atoms with Crippen LogP contribution in [0.25, 0.3) is 0 Å². The third-order valence-electron chi connectivity index (χ3n) is 3.53. The Kier molecular flexibility index (Phi) is 7.90. The number of carbonyl (C=O) groups is 1. The molecule has 28 heavy (non-hydrogen) atoms. The van der Waals surface area contributed by atoms with Crippen molar-refractivity contribution in [1.82, 2.24) is 15.6 Å². The van der Waals surface area contributed by atoms with Gasteiger partial charge in [-0.25, -0.2) is 5.43 Å². The summed E-state index contributed by atoms with van der Waals surface area (Å²) < 4.78 is 1.66. The van der Waals surface area contributed by atoms with Gasteiger partial charge in [-0.2, -0.15) is 5.10 Å². The molecule has 0 aliphatic heterocycles. The average Bonchev–Trinajstić information content (AvgIpc) is 3.18. The van der Waals surface area contributed by atoms with Gasteiger partial charge in [-0.3, -0.25) is 4.79 Å². The van der Waals surface area contributed by atoms with Crippen LogP contribution in [0.4, 0.5) is 0 Å². The smallest absolute Gasteiger partial charge is 0.250 e. The first-order valence-corrected chi connectivity index (χ1v) is 11.5. The summed E-state index contributed by atoms with van der Waals surface area (Å²) in [6.45, 7) is 1.83. The number of nitrogens with one attached hydrogen (secondary N) is 1. The molecule has 144 valence electrons. The summed E-state index contributed by atoms with van der Waals surface area (Å²) in [6, 6.07) is 17.5. The van der Waals surface area contributed by atoms with Crippen LogP contribution in [0, 0.1) is 0 Å². The van der Waals surface area contributed by atoms with E-state index in [4.69, 9.17) is 11.6 Å². The molecule has 0 atom stereocenters. The molecule has 1 aromatic heterocycles. The molecule has 0 fully saturated rings. The molecule has 0 saturated carbocycles. The number of hydrazone groups is 1. The fourth-order valence-electron chi connectivity index (χ4n) is 2.09. The van der Waals surface area contributed by atoms with Crippen LogP contribution < -0.4 is 5.43 Å². The average molecular weight is 449 g/mol. The number of amides is 1. The molecule has 0 bridgehead atoms. The molecular formula is C19H17ClN4OS3. The van der Waals surface area contributed by atoms with Gasteiger partial charge >= 0.3 is 0 Å². The number of thioether (sulfide) groups is 2. The van der Waals surface area contributed by atoms with Gasteiger partial charge in [-0.15, -0.1) is 10.2 Å². The highest BCUT2D eigenvalue weighted by atomic mass is 35.5. The van der Waals surface area contributed by atoms with Crippen LogP contribution in [-0.4, -0.2) is 27.6 Å². The molecule has 1 heterocycles. The van der Waals surface area contributed by atoms with E-state index in [2.05, 4.69) is 32.9 Å². The molecule has 0 aliphatic carbocycles. The molecule has 3 aromatic rings. The number of hydrogen-bond donors (Lipinski definition) is 1. The molecule has 0 spiro atoms. The fraction of sp³-hybridized carbons (Fsp3) is 0.158. The minimum absolute atomic E-state index is 0.188. The van der Waals surface area contributed by atoms with E-state index in [9.17, 15) is 4.79 Å². The second kappa shape index (κ2) is 10.6. The Morgan fingerprint density at radius 1 is 1.07 bits per heavy atom. The van der Waals surface area contributed by atoms with Gasteiger partial charge in [-0.05, 0) is 30.2 Å². The van der Waals surface area contributed by atoms with Crippen molar-refractivity contribution in [2.45, 2.75) is 21.4 Å². The van der Waals surface area contributed by atoms with Crippen molar-refractivity contribution in [2.75, 3.05) is 5.75 Å². The summed E-state index contributed by atoms with van der Waals surface area (Å²) in [6.07, 6.45) is 0. The van der Waals surface area contributed by atoms with E-state index < -0.39 is 0 Å². The zero-order valence-corrected chi connectivity index (χ0v) is 18.2. The number of benzene rings is 2. The fourth-order valence-corrected chi connectivity index (χ4v) is 4.99. The molecule has 0 saturated heterocycles. The predicted molar refractivity (Wildman–Crippen MR) is 118 cm³/mol. The van der Waals surface area contributed by atoms with Crippen LogP contribution in [0.15, 0.2) is 68.4 Å². The minimum Gasteiger partial charge on any atom is -0.272 e. The monoisotopic (exact) mass is 448 g/mol. The first-order valence-electron chi connectivity index (χ1n) is 8.32. The zero-order valence-electron chi connectivity index (χ0n) is 15.0. The van der Waals surface area contributed by atoms with Crippen molar-refractivity contribution < 1.29 is 4.79 Å². The van der Waals surface area contributed by atoms with Gasteiger partial charge in [0.2, 0.25) is 0 Å². The first kappa shape index (κ1) is 20.9. The van der Waals surface area contributed by atoms with Crippen molar-refractivity contribution in [2.24, 2.45) is 5.10 Å². The summed E-state index contributed by atoms with van der Waals surface area (Å²) in [4.78, 5) is 12.0. The van der Waals surface area contributed by atoms with Crippen LogP contribution in [0.1, 0.15) is 18.1 Å². The molecule has 2 aromatic carbocycles. The lowest BCUT2D eigenvalue weighted by Crippen LogP contribution is -2.21. The lowest BCUT2D eigenvalue weighted by molar-refractivity contribution is -0.118. The topological polar surface area (TPSA) is 67.2 Å². The summed E-state index contributed by atoms with van der Waals surface area (Å²) in [5.41, 5.74) is 5.42. The quantitative estimate of drug-likeness (QED) is 0.294. The van der Waals surface area contributed by atoms with E-state index in [1.165, 1.54) is 28.7 Å². The van der Waals surface area contributed by atoms with Crippen LogP contribution in [0.5, 0.6) is 0 Å². The van der Waals surface area contributed by atoms with E-state index in [0.717, 1.165) is 20.0 Å². The first-order chi connectivity index (χ1) is 13.6. The largest absolute Gasteiger partial charge is 0.272 e. The van der Waals surface area contributed by atoms with Crippen molar-refractivity contribution in [3.63, 3.8) is 0 Å². The highest BCUT2D eigenvalue weighted by Crippen LogP contribution is 2.30. The van der Waals surface area contributed by atoms with Gasteiger partial charge in [0, 0.05) is 10.8 Å². The molecule has 5 nitrogen and oxygen atoms in total. The van der Waals surface area contributed by atoms with Crippen molar-refractivity contribution in [1.29, 1.82) is 0 Å². The number of carbonyl (C=O) groups excluding carboxylic acids is 1. The van der Waals surface area contributed by atoms with Gasteiger partial charge in [0.05, 0.1) is 11.5 Å². The van der Waals surface area contributed by atoms with Crippen molar-refractivity contribution in [3.05, 3.63) is 70.7 Å². The Bertz CT molecular complexity index is 945. The second-order valence-electron chi connectivity index (χ2n) is 5.64. The highest BCUT2D eigenvalue weighted by Gasteiger charge is 2.09. The molecule has 0 unspecified atom stereocenters. The van der Waals surface area contributed by atoms with Crippen molar-refractivity contribution in [3.8, 4) is 0 Å². The maximum absolute atomic E-state index is 12.0. The van der Waals surface area contributed by atoms with Crippen molar-refractivity contribution >= 4 is 58.1 Å². The molecule has 0 aliphatic rings. The van der Waals surface area contributed by atoms with E-state index in [0.29, 0.717) is 10.7 Å². The molecule has 3 rings (SSSR count). The standard InChI is InChI=1S/C19H17ClN4OS3/c1-13(15-7-9-16(20)10-8-15)21-22-17(25)12-27-19-24-23-18(28-19)26-11-14-5-3-2-4-6-14/h2-10H,11-12H2,1H3,(H,22,25). The Morgan fingerprint density at radius 2 is 1.75 bits per heavy atom. The third kappa shape index (κ3) is 6.63. The Labute approximate surface area is 181 Å². The lowest BCUT2D eigenvalue weighted by atomic mass is 10.1. The summed E-state index contributed by atoms with van der Waals surface area (Å²) in [5, 5.41) is 13.1. The normalized spacial score (nSPS) is 11.4. The Balaban J connectivity index is 1.44. The number of aromatic nitrogens is 2. The molecular weight excluding hydrogens is 432 g/mol. The van der Waals surface area contributed by atoms with E-state index in [1.54, 1.807) is 23.9 Å². The summed E-state index contributed by atoms with van der Waals surface area (Å²) >= 11 is 10.4. The van der Waals surface area contributed by atoms with Gasteiger partial charge in [0.25, 0.3) is 5.91 Å². The summed E-state index contributed by atoms with van der Waals surface area (Å²) in [5.74, 6) is 0.890. The van der Waals surface area contributed by atoms with Gasteiger partial charge < -0.3 is 0 Å². The molecule has 1 N–H and O–H groups in total. The van der Waals surface area contributed by atoms with Crippen LogP contribution in [0.3, 0.4) is 0 Å². The van der Waals surface area contributed by atoms with Gasteiger partial charge in [-0.1, -0.05) is 88.9 Å². The number of nitrogens with zero attached hydrogens (tertiary/aromatic N) is 3. The van der Waals surface area contributed by atoms with E-state index in [-0.39, 0.29) is 11.7 Å². The maximum atomic E-state index is 12.0. The Morgan fingerprint density at radius 3 is 2.46 bits per heavy atom. The van der Waals surface area contributed by atoms with E-state index >= 15 is 0 Å². The number of rotatable bonds is 8. The maximum Gasteiger partial charge on any atom is 0.250 e. The SMILES string of the molecule is CC(=NNC(=O)CSc1nnc(SCc2ccccc2)s1)c1ccc(Cl)cc1. The molecule has 9 heteroatoms. The number of hydrogen-bond acceptors (Lipinski definition) is 7. The molecule has 1 amide bonds. The minimum atomic E-state index is -0.188. The van der Waals surface area contributed by atoms with Crippen LogP contribution in [-0.2, 0) is 10.5 Å². The third-order valence-corrected chi connectivity index (χ3v) is 7.04. The van der Waals surface area contributed by atoms with Crippen LogP contribution >= 0.6 is 46.5 Å². The summed E-state index contributed by atoms with van der Waals surface area (Å²) in [7, 11) is 0. The second-order valence-corrected chi connectivity index (χ2v) is 9.49. The van der Waals surface area contributed by atoms with Crippen LogP contribution in [0.2, 0.25) is 5.02 Å².